The number of benzene rings is 1. The fraction of sp³-hybridized carbons (Fsp3) is 0.471. The van der Waals surface area contributed by atoms with Crippen LogP contribution in [-0.2, 0) is 25.5 Å². The molecule has 0 aromatic heterocycles. The number of hydrogen-bond donors (Lipinski definition) is 2. The Labute approximate surface area is 150 Å². The van der Waals surface area contributed by atoms with Crippen molar-refractivity contribution in [1.29, 1.82) is 0 Å². The zero-order valence-corrected chi connectivity index (χ0v) is 14.4. The van der Waals surface area contributed by atoms with E-state index in [1.54, 1.807) is 19.1 Å². The minimum atomic E-state index is -1.28. The molecule has 1 amide bonds. The van der Waals surface area contributed by atoms with Crippen LogP contribution >= 0.6 is 0 Å². The van der Waals surface area contributed by atoms with Gasteiger partial charge in [-0.15, -0.1) is 0 Å². The number of rotatable bonds is 6. The third kappa shape index (κ3) is 4.16. The van der Waals surface area contributed by atoms with E-state index in [2.05, 4.69) is 5.32 Å². The molecule has 0 saturated heterocycles. The molecule has 0 radical (unpaired) electrons. The summed E-state index contributed by atoms with van der Waals surface area (Å²) < 4.78 is 15.3. The summed E-state index contributed by atoms with van der Waals surface area (Å²) in [5.41, 5.74) is 0.797. The highest BCUT2D eigenvalue weighted by molar-refractivity contribution is 6.47. The van der Waals surface area contributed by atoms with E-state index in [-0.39, 0.29) is 29.1 Å². The molecule has 26 heavy (non-hydrogen) atoms. The second-order valence-corrected chi connectivity index (χ2v) is 6.32. The van der Waals surface area contributed by atoms with Crippen LogP contribution in [-0.4, -0.2) is 42.7 Å². The summed E-state index contributed by atoms with van der Waals surface area (Å²) in [7, 11) is -1.28. The van der Waals surface area contributed by atoms with Crippen molar-refractivity contribution < 1.29 is 33.5 Å². The molecule has 1 saturated carbocycles. The molecule has 3 rings (SSSR count). The molecule has 8 nitrogen and oxygen atoms in total. The predicted octanol–water partition coefficient (Wildman–Crippen LogP) is 0.603. The van der Waals surface area contributed by atoms with Crippen LogP contribution in [0.25, 0.3) is 0 Å². The van der Waals surface area contributed by atoms with Crippen molar-refractivity contribution in [1.82, 2.24) is 5.32 Å². The highest BCUT2D eigenvalue weighted by Crippen LogP contribution is 2.31. The molecule has 1 aliphatic carbocycles. The summed E-state index contributed by atoms with van der Waals surface area (Å²) in [4.78, 5) is 35.2. The fourth-order valence-corrected chi connectivity index (χ4v) is 2.67. The maximum absolute atomic E-state index is 12.3. The fourth-order valence-electron chi connectivity index (χ4n) is 2.67. The first-order chi connectivity index (χ1) is 12.5. The molecule has 1 aliphatic heterocycles. The SMILES string of the molecule is CCC(=O)N[C@H]1Cc2cccc(C(=O)OCOC(=O)C3CC3)c2OB1O. The maximum Gasteiger partial charge on any atom is 0.547 e. The van der Waals surface area contributed by atoms with Gasteiger partial charge >= 0.3 is 19.1 Å². The third-order valence-corrected chi connectivity index (χ3v) is 4.31. The van der Waals surface area contributed by atoms with E-state index in [0.29, 0.717) is 18.4 Å². The normalized spacial score (nSPS) is 18.4. The van der Waals surface area contributed by atoms with E-state index in [9.17, 15) is 19.4 Å². The molecule has 1 heterocycles. The number of amides is 1. The summed E-state index contributed by atoms with van der Waals surface area (Å²) in [6, 6.07) is 4.91. The average Bonchev–Trinajstić information content (AvgIpc) is 3.46. The van der Waals surface area contributed by atoms with Gasteiger partial charge in [-0.2, -0.15) is 0 Å². The van der Waals surface area contributed by atoms with Crippen LogP contribution in [0, 0.1) is 5.92 Å². The Kier molecular flexibility index (Phi) is 5.46. The minimum absolute atomic E-state index is 0.0769. The first kappa shape index (κ1) is 18.3. The van der Waals surface area contributed by atoms with Crippen LogP contribution in [0.1, 0.15) is 42.1 Å². The Balaban J connectivity index is 1.64. The van der Waals surface area contributed by atoms with Crippen LogP contribution in [0.5, 0.6) is 5.75 Å². The standard InChI is InChI=1S/C17H20BNO7/c1-2-14(20)19-13-8-11-4-3-5-12(15(11)26-18(13)23)17(22)25-9-24-16(21)10-6-7-10/h3-5,10,13,23H,2,6-9H2,1H3,(H,19,20)/t13-/m0/s1. The molecule has 138 valence electrons. The average molecular weight is 361 g/mol. The molecule has 1 aromatic rings. The lowest BCUT2D eigenvalue weighted by molar-refractivity contribution is -0.153. The maximum atomic E-state index is 12.3. The zero-order chi connectivity index (χ0) is 18.7. The van der Waals surface area contributed by atoms with E-state index in [0.717, 1.165) is 12.8 Å². The van der Waals surface area contributed by atoms with E-state index in [4.69, 9.17) is 14.1 Å². The van der Waals surface area contributed by atoms with Crippen molar-refractivity contribution in [2.24, 2.45) is 5.92 Å². The second-order valence-electron chi connectivity index (χ2n) is 6.32. The van der Waals surface area contributed by atoms with Crippen LogP contribution < -0.4 is 9.97 Å². The molecule has 9 heteroatoms. The van der Waals surface area contributed by atoms with Crippen molar-refractivity contribution in [3.63, 3.8) is 0 Å². The number of para-hydroxylation sites is 1. The lowest BCUT2D eigenvalue weighted by atomic mass is 9.72. The summed E-state index contributed by atoms with van der Waals surface area (Å²) in [5, 5.41) is 12.8. The van der Waals surface area contributed by atoms with Crippen molar-refractivity contribution in [3.05, 3.63) is 29.3 Å². The van der Waals surface area contributed by atoms with Gasteiger partial charge in [0.2, 0.25) is 12.7 Å². The summed E-state index contributed by atoms with van der Waals surface area (Å²) >= 11 is 0. The van der Waals surface area contributed by atoms with Crippen molar-refractivity contribution in [2.45, 2.75) is 38.5 Å². The Morgan fingerprint density at radius 3 is 2.77 bits per heavy atom. The smallest absolute Gasteiger partial charge is 0.534 e. The Bertz CT molecular complexity index is 719. The topological polar surface area (TPSA) is 111 Å². The van der Waals surface area contributed by atoms with Gasteiger partial charge in [0.1, 0.15) is 11.3 Å². The van der Waals surface area contributed by atoms with Crippen LogP contribution in [0.4, 0.5) is 0 Å². The van der Waals surface area contributed by atoms with Gasteiger partial charge in [0.05, 0.1) is 11.9 Å². The van der Waals surface area contributed by atoms with Gasteiger partial charge in [-0.1, -0.05) is 19.1 Å². The highest BCUT2D eigenvalue weighted by Gasteiger charge is 2.37. The lowest BCUT2D eigenvalue weighted by Crippen LogP contribution is -2.53. The third-order valence-electron chi connectivity index (χ3n) is 4.31. The number of fused-ring (bicyclic) bond motifs is 1. The van der Waals surface area contributed by atoms with Gasteiger partial charge in [0.25, 0.3) is 0 Å². The molecule has 1 aromatic carbocycles. The van der Waals surface area contributed by atoms with Gasteiger partial charge < -0.3 is 24.5 Å². The summed E-state index contributed by atoms with van der Waals surface area (Å²) in [6.07, 6.45) is 2.23. The van der Waals surface area contributed by atoms with Crippen molar-refractivity contribution in [3.8, 4) is 5.75 Å². The largest absolute Gasteiger partial charge is 0.547 e. The Hall–Kier alpha value is -2.55. The monoisotopic (exact) mass is 361 g/mol. The number of esters is 2. The molecule has 1 atom stereocenters. The first-order valence-corrected chi connectivity index (χ1v) is 8.59. The van der Waals surface area contributed by atoms with Crippen LogP contribution in [0.3, 0.4) is 0 Å². The number of carbonyl (C=O) groups excluding carboxylic acids is 3. The first-order valence-electron chi connectivity index (χ1n) is 8.59. The van der Waals surface area contributed by atoms with E-state index in [1.165, 1.54) is 6.07 Å². The van der Waals surface area contributed by atoms with Gasteiger partial charge in [-0.05, 0) is 30.9 Å². The van der Waals surface area contributed by atoms with E-state index in [1.807, 2.05) is 0 Å². The molecular weight excluding hydrogens is 341 g/mol. The molecule has 0 unspecified atom stereocenters. The predicted molar refractivity (Wildman–Crippen MR) is 90.1 cm³/mol. The van der Waals surface area contributed by atoms with Crippen LogP contribution in [0.2, 0.25) is 0 Å². The van der Waals surface area contributed by atoms with Crippen molar-refractivity contribution >= 4 is 25.0 Å². The van der Waals surface area contributed by atoms with Gasteiger partial charge in [-0.3, -0.25) is 9.59 Å². The van der Waals surface area contributed by atoms with Crippen LogP contribution in [0.15, 0.2) is 18.2 Å². The number of hydrogen-bond acceptors (Lipinski definition) is 7. The minimum Gasteiger partial charge on any atom is -0.534 e. The molecule has 0 bridgehead atoms. The van der Waals surface area contributed by atoms with Gasteiger partial charge in [0, 0.05) is 6.42 Å². The summed E-state index contributed by atoms with van der Waals surface area (Å²) in [5.74, 6) is -1.75. The number of ether oxygens (including phenoxy) is 2. The highest BCUT2D eigenvalue weighted by atomic mass is 16.7. The molecule has 2 aliphatic rings. The van der Waals surface area contributed by atoms with Gasteiger partial charge in [-0.25, -0.2) is 4.79 Å². The van der Waals surface area contributed by atoms with E-state index >= 15 is 0 Å². The zero-order valence-electron chi connectivity index (χ0n) is 14.4. The summed E-state index contributed by atoms with van der Waals surface area (Å²) in [6.45, 7) is 1.25. The molecule has 0 spiro atoms. The number of carbonyl (C=O) groups is 3. The van der Waals surface area contributed by atoms with E-state index < -0.39 is 25.8 Å². The Morgan fingerprint density at radius 1 is 1.31 bits per heavy atom. The second kappa shape index (κ2) is 7.78. The Morgan fingerprint density at radius 2 is 2.08 bits per heavy atom. The number of nitrogens with one attached hydrogen (secondary N) is 1. The quantitative estimate of drug-likeness (QED) is 0.434. The van der Waals surface area contributed by atoms with Gasteiger partial charge in [0.15, 0.2) is 0 Å². The molecule has 1 fully saturated rings. The lowest BCUT2D eigenvalue weighted by Gasteiger charge is -2.29. The molecular formula is C17H20BNO7. The molecule has 2 N–H and O–H groups in total. The van der Waals surface area contributed by atoms with Crippen molar-refractivity contribution in [2.75, 3.05) is 6.79 Å².